The van der Waals surface area contributed by atoms with Gasteiger partial charge in [0.2, 0.25) is 0 Å². The number of rotatable bonds is 4. The van der Waals surface area contributed by atoms with Crippen molar-refractivity contribution in [1.82, 2.24) is 14.9 Å². The Bertz CT molecular complexity index is 1130. The van der Waals surface area contributed by atoms with Crippen molar-refractivity contribution in [3.8, 4) is 0 Å². The number of hydrogen-bond acceptors (Lipinski definition) is 4. The second kappa shape index (κ2) is 8.15. The van der Waals surface area contributed by atoms with Gasteiger partial charge in [0.15, 0.2) is 0 Å². The first-order valence-electron chi connectivity index (χ1n) is 9.41. The third kappa shape index (κ3) is 3.90. The van der Waals surface area contributed by atoms with Gasteiger partial charge in [-0.3, -0.25) is 14.3 Å². The Morgan fingerprint density at radius 2 is 1.93 bits per heavy atom. The van der Waals surface area contributed by atoms with Crippen molar-refractivity contribution in [3.63, 3.8) is 0 Å². The van der Waals surface area contributed by atoms with Gasteiger partial charge in [-0.15, -0.1) is 11.8 Å². The first-order chi connectivity index (χ1) is 13.5. The van der Waals surface area contributed by atoms with Crippen LogP contribution in [0.3, 0.4) is 0 Å². The summed E-state index contributed by atoms with van der Waals surface area (Å²) in [6.45, 7) is 4.49. The SMILES string of the molecule is Cc1cc(Cl)cc(Cn2c(=O)[nH]c(=O)c3ccccc32)c1SC1CCNCC1. The highest BCUT2D eigenvalue weighted by atomic mass is 35.5. The quantitative estimate of drug-likeness (QED) is 0.683. The summed E-state index contributed by atoms with van der Waals surface area (Å²) < 4.78 is 1.62. The first-order valence-corrected chi connectivity index (χ1v) is 10.7. The maximum absolute atomic E-state index is 12.6. The molecule has 0 amide bonds. The van der Waals surface area contributed by atoms with Gasteiger partial charge in [-0.2, -0.15) is 0 Å². The topological polar surface area (TPSA) is 66.9 Å². The Morgan fingerprint density at radius 3 is 2.71 bits per heavy atom. The van der Waals surface area contributed by atoms with Gasteiger partial charge >= 0.3 is 5.69 Å². The van der Waals surface area contributed by atoms with Crippen molar-refractivity contribution >= 4 is 34.3 Å². The normalized spacial score (nSPS) is 15.2. The molecule has 0 spiro atoms. The molecule has 2 aromatic carbocycles. The van der Waals surface area contributed by atoms with Crippen LogP contribution in [0.4, 0.5) is 0 Å². The smallest absolute Gasteiger partial charge is 0.317 e. The number of para-hydroxylation sites is 1. The molecular weight excluding hydrogens is 394 g/mol. The van der Waals surface area contributed by atoms with Gasteiger partial charge in [-0.1, -0.05) is 23.7 Å². The molecule has 4 rings (SSSR count). The van der Waals surface area contributed by atoms with E-state index in [9.17, 15) is 9.59 Å². The van der Waals surface area contributed by atoms with Gasteiger partial charge in [0.05, 0.1) is 17.4 Å². The molecule has 5 nitrogen and oxygen atoms in total. The van der Waals surface area contributed by atoms with Crippen molar-refractivity contribution in [2.45, 2.75) is 36.5 Å². The number of hydrogen-bond donors (Lipinski definition) is 2. The number of piperidine rings is 1. The van der Waals surface area contributed by atoms with E-state index in [0.717, 1.165) is 37.1 Å². The summed E-state index contributed by atoms with van der Waals surface area (Å²) in [4.78, 5) is 28.3. The van der Waals surface area contributed by atoms with E-state index in [0.29, 0.717) is 27.7 Å². The second-order valence-corrected chi connectivity index (χ2v) is 8.89. The Hall–Kier alpha value is -2.02. The van der Waals surface area contributed by atoms with Crippen LogP contribution in [0.5, 0.6) is 0 Å². The molecule has 0 aliphatic carbocycles. The largest absolute Gasteiger partial charge is 0.329 e. The minimum absolute atomic E-state index is 0.358. The van der Waals surface area contributed by atoms with Crippen LogP contribution < -0.4 is 16.6 Å². The molecule has 1 fully saturated rings. The fraction of sp³-hybridized carbons (Fsp3) is 0.333. The van der Waals surface area contributed by atoms with Gasteiger partial charge < -0.3 is 5.32 Å². The molecule has 28 heavy (non-hydrogen) atoms. The van der Waals surface area contributed by atoms with Crippen LogP contribution in [0.25, 0.3) is 10.9 Å². The zero-order valence-electron chi connectivity index (χ0n) is 15.6. The summed E-state index contributed by atoms with van der Waals surface area (Å²) in [5.41, 5.74) is 2.00. The Labute approximate surface area is 172 Å². The summed E-state index contributed by atoms with van der Waals surface area (Å²) in [7, 11) is 0. The molecule has 1 aromatic heterocycles. The van der Waals surface area contributed by atoms with Crippen molar-refractivity contribution in [1.29, 1.82) is 0 Å². The third-order valence-corrected chi connectivity index (χ3v) is 6.96. The minimum Gasteiger partial charge on any atom is -0.317 e. The van der Waals surface area contributed by atoms with Crippen molar-refractivity contribution < 1.29 is 0 Å². The van der Waals surface area contributed by atoms with E-state index in [2.05, 4.69) is 17.2 Å². The van der Waals surface area contributed by atoms with E-state index in [1.807, 2.05) is 36.0 Å². The minimum atomic E-state index is -0.404. The van der Waals surface area contributed by atoms with Crippen LogP contribution >= 0.6 is 23.4 Å². The molecule has 0 bridgehead atoms. The molecule has 1 saturated heterocycles. The lowest BCUT2D eigenvalue weighted by Crippen LogP contribution is -2.31. The lowest BCUT2D eigenvalue weighted by atomic mass is 10.1. The molecule has 0 radical (unpaired) electrons. The lowest BCUT2D eigenvalue weighted by molar-refractivity contribution is 0.531. The summed E-state index contributed by atoms with van der Waals surface area (Å²) >= 11 is 8.22. The Balaban J connectivity index is 1.79. The average Bonchev–Trinajstić information content (AvgIpc) is 2.68. The van der Waals surface area contributed by atoms with E-state index < -0.39 is 5.69 Å². The number of aryl methyl sites for hydroxylation is 1. The molecular formula is C21H22ClN3O2S. The van der Waals surface area contributed by atoms with Crippen LogP contribution in [0.2, 0.25) is 5.02 Å². The van der Waals surface area contributed by atoms with Crippen LogP contribution in [0.15, 0.2) is 50.9 Å². The number of benzene rings is 2. The number of thioether (sulfide) groups is 1. The van der Waals surface area contributed by atoms with Crippen LogP contribution in [0.1, 0.15) is 24.0 Å². The van der Waals surface area contributed by atoms with E-state index >= 15 is 0 Å². The Kier molecular flexibility index (Phi) is 5.62. The van der Waals surface area contributed by atoms with E-state index in [-0.39, 0.29) is 5.56 Å². The predicted octanol–water partition coefficient (Wildman–Crippen LogP) is 3.54. The number of aromatic amines is 1. The summed E-state index contributed by atoms with van der Waals surface area (Å²) in [6, 6.07) is 11.1. The van der Waals surface area contributed by atoms with Crippen LogP contribution in [-0.2, 0) is 6.54 Å². The fourth-order valence-electron chi connectivity index (χ4n) is 3.74. The van der Waals surface area contributed by atoms with E-state index in [1.54, 1.807) is 16.7 Å². The number of aromatic nitrogens is 2. The van der Waals surface area contributed by atoms with Gasteiger partial charge in [-0.05, 0) is 68.2 Å². The Morgan fingerprint density at radius 1 is 1.18 bits per heavy atom. The summed E-state index contributed by atoms with van der Waals surface area (Å²) in [5.74, 6) is 0. The monoisotopic (exact) mass is 415 g/mol. The second-order valence-electron chi connectivity index (χ2n) is 7.14. The molecule has 1 aliphatic rings. The van der Waals surface area contributed by atoms with Crippen LogP contribution in [-0.4, -0.2) is 27.9 Å². The molecule has 0 unspecified atom stereocenters. The highest BCUT2D eigenvalue weighted by Crippen LogP contribution is 2.36. The molecule has 0 saturated carbocycles. The third-order valence-electron chi connectivity index (χ3n) is 5.12. The summed E-state index contributed by atoms with van der Waals surface area (Å²) in [5, 5.41) is 5.11. The maximum atomic E-state index is 12.6. The zero-order valence-corrected chi connectivity index (χ0v) is 17.2. The van der Waals surface area contributed by atoms with Crippen molar-refractivity contribution in [2.24, 2.45) is 0 Å². The molecule has 7 heteroatoms. The average molecular weight is 416 g/mol. The summed E-state index contributed by atoms with van der Waals surface area (Å²) in [6.07, 6.45) is 2.24. The standard InChI is InChI=1S/C21H22ClN3O2S/c1-13-10-15(22)11-14(19(13)28-16-6-8-23-9-7-16)12-25-18-5-3-2-4-17(18)20(26)24-21(25)27/h2-5,10-11,16,23H,6-9,12H2,1H3,(H,24,26,27). The molecule has 2 N–H and O–H groups in total. The first kappa shape index (κ1) is 19.3. The van der Waals surface area contributed by atoms with Gasteiger partial charge in [0.1, 0.15) is 0 Å². The predicted molar refractivity (Wildman–Crippen MR) is 116 cm³/mol. The molecule has 2 heterocycles. The lowest BCUT2D eigenvalue weighted by Gasteiger charge is -2.24. The van der Waals surface area contributed by atoms with Crippen molar-refractivity contribution in [2.75, 3.05) is 13.1 Å². The van der Waals surface area contributed by atoms with E-state index in [1.165, 1.54) is 4.90 Å². The van der Waals surface area contributed by atoms with Crippen molar-refractivity contribution in [3.05, 3.63) is 73.4 Å². The molecule has 146 valence electrons. The number of nitrogens with one attached hydrogen (secondary N) is 2. The van der Waals surface area contributed by atoms with Gasteiger partial charge in [0, 0.05) is 15.2 Å². The number of fused-ring (bicyclic) bond motifs is 1. The van der Waals surface area contributed by atoms with E-state index in [4.69, 9.17) is 11.6 Å². The number of halogens is 1. The van der Waals surface area contributed by atoms with Crippen LogP contribution in [0, 0.1) is 6.92 Å². The zero-order chi connectivity index (χ0) is 19.7. The number of H-pyrrole nitrogens is 1. The highest BCUT2D eigenvalue weighted by Gasteiger charge is 2.19. The highest BCUT2D eigenvalue weighted by molar-refractivity contribution is 8.00. The van der Waals surface area contributed by atoms with Gasteiger partial charge in [-0.25, -0.2) is 4.79 Å². The molecule has 0 atom stereocenters. The fourth-order valence-corrected chi connectivity index (χ4v) is 5.35. The maximum Gasteiger partial charge on any atom is 0.329 e. The van der Waals surface area contributed by atoms with Gasteiger partial charge in [0.25, 0.3) is 5.56 Å². The number of nitrogens with zero attached hydrogens (tertiary/aromatic N) is 1. The molecule has 1 aliphatic heterocycles. The molecule has 3 aromatic rings.